The van der Waals surface area contributed by atoms with Crippen molar-refractivity contribution >= 4 is 0 Å². The molecular formula is C27H24F4N10Pt2. The number of rotatable bonds is 2. The molecular weight excluding hydrogens is 931 g/mol. The summed E-state index contributed by atoms with van der Waals surface area (Å²) in [5.74, 6) is -0.573. The van der Waals surface area contributed by atoms with Gasteiger partial charge in [0.1, 0.15) is 5.69 Å². The van der Waals surface area contributed by atoms with E-state index >= 15 is 0 Å². The molecule has 0 atom stereocenters. The molecule has 0 aliphatic carbocycles. The topological polar surface area (TPSA) is 134 Å². The van der Waals surface area contributed by atoms with Crippen LogP contribution in [0.3, 0.4) is 0 Å². The normalized spacial score (nSPS) is 9.95. The number of pyridine rings is 2. The summed E-state index contributed by atoms with van der Waals surface area (Å²) in [4.78, 5) is 7.87. The molecule has 16 heteroatoms. The maximum atomic E-state index is 12.4. The van der Waals surface area contributed by atoms with Crippen molar-refractivity contribution in [3.63, 3.8) is 0 Å². The van der Waals surface area contributed by atoms with Gasteiger partial charge in [-0.25, -0.2) is 0 Å². The SMILES string of the molecule is Cc1cc(C)[n-]n1.Cc1cc(C)[n-]n1.FC(F)(F)c1cc(-c2ccccn2)[n-]n1.Fc1cc(-c2ccccn2)[n-]n1.[Pt+2].[Pt+2]. The van der Waals surface area contributed by atoms with Crippen LogP contribution in [0.5, 0.6) is 0 Å². The molecule has 0 spiro atoms. The van der Waals surface area contributed by atoms with Crippen molar-refractivity contribution in [3.05, 3.63) is 107 Å². The first-order valence-corrected chi connectivity index (χ1v) is 11.9. The maximum Gasteiger partial charge on any atom is 2.00 e. The van der Waals surface area contributed by atoms with Crippen molar-refractivity contribution in [1.29, 1.82) is 0 Å². The predicted molar refractivity (Wildman–Crippen MR) is 141 cm³/mol. The molecule has 43 heavy (non-hydrogen) atoms. The maximum absolute atomic E-state index is 12.4. The molecule has 0 bridgehead atoms. The van der Waals surface area contributed by atoms with Gasteiger partial charge in [-0.1, -0.05) is 49.5 Å². The zero-order valence-corrected chi connectivity index (χ0v) is 27.6. The standard InChI is InChI=1S/C9H5F3N3.C8H5FN3.2C5H7N2.2Pt/c10-9(11,12)8-5-7(14-15-8)6-3-1-2-4-13-6;9-8-5-7(11-12-8)6-3-1-2-4-10-6;2*1-4-3-5(2)7-6-4;;/h1-5H;1-5H;2*3H,1-2H3;;/q4*-1;2*+2. The van der Waals surface area contributed by atoms with E-state index in [9.17, 15) is 17.6 Å². The van der Waals surface area contributed by atoms with Gasteiger partial charge in [-0.2, -0.15) is 17.6 Å². The molecule has 6 heterocycles. The Morgan fingerprint density at radius 2 is 1.05 bits per heavy atom. The number of hydrogen-bond acceptors (Lipinski definition) is 6. The van der Waals surface area contributed by atoms with Crippen molar-refractivity contribution in [3.8, 4) is 22.8 Å². The second-order valence-corrected chi connectivity index (χ2v) is 8.35. The first-order valence-electron chi connectivity index (χ1n) is 11.9. The molecule has 0 aliphatic rings. The van der Waals surface area contributed by atoms with Crippen LogP contribution >= 0.6 is 0 Å². The summed E-state index contributed by atoms with van der Waals surface area (Å²) >= 11 is 0. The molecule has 0 N–H and O–H groups in total. The Labute approximate surface area is 273 Å². The number of nitrogens with zero attached hydrogens (tertiary/aromatic N) is 10. The molecule has 0 saturated heterocycles. The molecule has 0 saturated carbocycles. The average Bonchev–Trinajstić information content (AvgIpc) is 3.76. The summed E-state index contributed by atoms with van der Waals surface area (Å²) in [6.45, 7) is 7.72. The molecule has 6 aromatic heterocycles. The van der Waals surface area contributed by atoms with Gasteiger partial charge < -0.3 is 40.8 Å². The molecule has 6 rings (SSSR count). The van der Waals surface area contributed by atoms with Crippen LogP contribution in [0.1, 0.15) is 28.5 Å². The minimum Gasteiger partial charge on any atom is -0.579 e. The van der Waals surface area contributed by atoms with E-state index in [2.05, 4.69) is 50.8 Å². The van der Waals surface area contributed by atoms with Crippen LogP contribution in [0.2, 0.25) is 0 Å². The van der Waals surface area contributed by atoms with Gasteiger partial charge in [-0.15, -0.1) is 11.4 Å². The van der Waals surface area contributed by atoms with Gasteiger partial charge in [-0.05, 0) is 50.2 Å². The van der Waals surface area contributed by atoms with E-state index in [0.29, 0.717) is 17.1 Å². The van der Waals surface area contributed by atoms with Crippen molar-refractivity contribution in [2.24, 2.45) is 0 Å². The third-order valence-electron chi connectivity index (χ3n) is 4.76. The molecule has 0 unspecified atom stereocenters. The van der Waals surface area contributed by atoms with Crippen LogP contribution in [-0.2, 0) is 48.3 Å². The largest absolute Gasteiger partial charge is 2.00 e. The molecule has 6 aromatic rings. The van der Waals surface area contributed by atoms with Gasteiger partial charge in [0, 0.05) is 35.2 Å². The van der Waals surface area contributed by atoms with E-state index < -0.39 is 17.8 Å². The summed E-state index contributed by atoms with van der Waals surface area (Å²) in [6.07, 6.45) is -1.35. The molecule has 0 fully saturated rings. The Bertz CT molecular complexity index is 1530. The molecule has 0 aliphatic heterocycles. The Hall–Kier alpha value is -3.76. The summed E-state index contributed by atoms with van der Waals surface area (Å²) in [6, 6.07) is 16.3. The van der Waals surface area contributed by atoms with E-state index in [4.69, 9.17) is 0 Å². The van der Waals surface area contributed by atoms with Gasteiger partial charge in [0.05, 0.1) is 0 Å². The monoisotopic (exact) mass is 954 g/mol. The first-order chi connectivity index (χ1) is 19.5. The average molecular weight is 955 g/mol. The summed E-state index contributed by atoms with van der Waals surface area (Å²) in [7, 11) is 0. The van der Waals surface area contributed by atoms with Crippen LogP contribution in [0.25, 0.3) is 22.8 Å². The van der Waals surface area contributed by atoms with Crippen LogP contribution < -0.4 is 20.4 Å². The number of alkyl halides is 3. The van der Waals surface area contributed by atoms with E-state index in [1.807, 2.05) is 45.9 Å². The third-order valence-corrected chi connectivity index (χ3v) is 4.76. The Morgan fingerprint density at radius 1 is 0.581 bits per heavy atom. The van der Waals surface area contributed by atoms with Gasteiger partial charge in [0.15, 0.2) is 5.95 Å². The van der Waals surface area contributed by atoms with Gasteiger partial charge in [0.2, 0.25) is 0 Å². The second-order valence-electron chi connectivity index (χ2n) is 8.35. The minimum atomic E-state index is -4.46. The third kappa shape index (κ3) is 13.0. The Morgan fingerprint density at radius 3 is 1.33 bits per heavy atom. The minimum absolute atomic E-state index is 0. The summed E-state index contributed by atoms with van der Waals surface area (Å²) in [5, 5.41) is 28.4. The van der Waals surface area contributed by atoms with Crippen molar-refractivity contribution in [2.45, 2.75) is 33.9 Å². The molecule has 10 nitrogen and oxygen atoms in total. The van der Waals surface area contributed by atoms with Gasteiger partial charge >= 0.3 is 48.3 Å². The predicted octanol–water partition coefficient (Wildman–Crippen LogP) is 4.67. The van der Waals surface area contributed by atoms with E-state index in [1.165, 1.54) is 12.3 Å². The number of aromatic nitrogens is 10. The summed E-state index contributed by atoms with van der Waals surface area (Å²) < 4.78 is 49.0. The number of hydrogen-bond donors (Lipinski definition) is 0. The molecule has 0 aromatic carbocycles. The van der Waals surface area contributed by atoms with Crippen molar-refractivity contribution < 1.29 is 59.7 Å². The second kappa shape index (κ2) is 18.0. The number of halogens is 4. The Kier molecular flexibility index (Phi) is 15.6. The van der Waals surface area contributed by atoms with E-state index in [0.717, 1.165) is 28.8 Å². The van der Waals surface area contributed by atoms with Crippen LogP contribution in [0.4, 0.5) is 17.6 Å². The van der Waals surface area contributed by atoms with E-state index in [-0.39, 0.29) is 47.8 Å². The van der Waals surface area contributed by atoms with Crippen molar-refractivity contribution in [1.82, 2.24) is 50.8 Å². The smallest absolute Gasteiger partial charge is 0.579 e. The molecule has 230 valence electrons. The fourth-order valence-corrected chi connectivity index (χ4v) is 3.02. The molecule has 0 amide bonds. The van der Waals surface area contributed by atoms with Crippen molar-refractivity contribution in [2.75, 3.05) is 0 Å². The van der Waals surface area contributed by atoms with Crippen LogP contribution in [0, 0.1) is 33.6 Å². The zero-order valence-electron chi connectivity index (χ0n) is 23.0. The number of aryl methyl sites for hydroxylation is 4. The zero-order chi connectivity index (χ0) is 29.8. The van der Waals surface area contributed by atoms with E-state index in [1.54, 1.807) is 36.5 Å². The van der Waals surface area contributed by atoms with Crippen LogP contribution in [0.15, 0.2) is 73.1 Å². The fraction of sp³-hybridized carbons (Fsp3) is 0.185. The fourth-order valence-electron chi connectivity index (χ4n) is 3.02. The first kappa shape index (κ1) is 37.3. The Balaban J connectivity index is 0.000000297. The van der Waals surface area contributed by atoms with Gasteiger partial charge in [-0.3, -0.25) is 9.97 Å². The van der Waals surface area contributed by atoms with Gasteiger partial charge in [0.25, 0.3) is 0 Å². The summed E-state index contributed by atoms with van der Waals surface area (Å²) in [5.41, 5.74) is 4.60. The quantitative estimate of drug-likeness (QED) is 0.226. The van der Waals surface area contributed by atoms with Crippen LogP contribution in [-0.4, -0.2) is 30.4 Å². The molecule has 0 radical (unpaired) electrons.